The number of nitro groups is 1. The lowest BCUT2D eigenvalue weighted by Crippen LogP contribution is -2.21. The highest BCUT2D eigenvalue weighted by Gasteiger charge is 2.25. The first-order chi connectivity index (χ1) is 8.25. The quantitative estimate of drug-likeness (QED) is 0.637. The summed E-state index contributed by atoms with van der Waals surface area (Å²) in [5.74, 6) is -1.21. The number of nitrogens with zero attached hydrogens (tertiary/aromatic N) is 1. The molecule has 98 valence electrons. The van der Waals surface area contributed by atoms with Crippen molar-refractivity contribution in [2.45, 2.75) is 23.5 Å². The zero-order valence-corrected chi connectivity index (χ0v) is 10.3. The van der Waals surface area contributed by atoms with Gasteiger partial charge < -0.3 is 5.11 Å². The van der Waals surface area contributed by atoms with E-state index in [0.29, 0.717) is 0 Å². The smallest absolute Gasteiger partial charge is 0.304 e. The van der Waals surface area contributed by atoms with Crippen molar-refractivity contribution in [3.05, 3.63) is 34.4 Å². The average Bonchev–Trinajstić information content (AvgIpc) is 2.28. The summed E-state index contributed by atoms with van der Waals surface area (Å²) >= 11 is 0. The van der Waals surface area contributed by atoms with Crippen molar-refractivity contribution < 1.29 is 23.2 Å². The number of rotatable bonds is 5. The third-order valence-corrected chi connectivity index (χ3v) is 4.52. The molecule has 0 bridgehead atoms. The molecule has 0 heterocycles. The van der Waals surface area contributed by atoms with Gasteiger partial charge in [0.25, 0.3) is 5.69 Å². The second-order valence-electron chi connectivity index (χ2n) is 3.70. The molecule has 18 heavy (non-hydrogen) atoms. The molecular weight excluding hydrogens is 262 g/mol. The summed E-state index contributed by atoms with van der Waals surface area (Å²) in [6.07, 6.45) is -0.515. The van der Waals surface area contributed by atoms with E-state index >= 15 is 0 Å². The molecule has 0 unspecified atom stereocenters. The van der Waals surface area contributed by atoms with Crippen molar-refractivity contribution in [2.75, 3.05) is 0 Å². The SMILES string of the molecule is C[C@H](CC(=O)O)S(=O)(=O)c1ccc([N+](=O)[O-])cc1. The Balaban J connectivity index is 3.05. The first-order valence-electron chi connectivity index (χ1n) is 4.95. The van der Waals surface area contributed by atoms with Crippen LogP contribution in [0.3, 0.4) is 0 Å². The Labute approximate surface area is 103 Å². The number of hydrogen-bond acceptors (Lipinski definition) is 5. The van der Waals surface area contributed by atoms with Crippen LogP contribution >= 0.6 is 0 Å². The van der Waals surface area contributed by atoms with Crippen LogP contribution in [0.4, 0.5) is 5.69 Å². The number of hydrogen-bond donors (Lipinski definition) is 1. The molecule has 0 aliphatic carbocycles. The van der Waals surface area contributed by atoms with E-state index in [4.69, 9.17) is 5.11 Å². The Morgan fingerprint density at radius 2 is 1.89 bits per heavy atom. The number of sulfone groups is 1. The van der Waals surface area contributed by atoms with Crippen LogP contribution in [0.25, 0.3) is 0 Å². The number of nitro benzene ring substituents is 1. The van der Waals surface area contributed by atoms with Gasteiger partial charge in [-0.25, -0.2) is 8.42 Å². The van der Waals surface area contributed by atoms with Crippen molar-refractivity contribution in [2.24, 2.45) is 0 Å². The van der Waals surface area contributed by atoms with Crippen molar-refractivity contribution in [1.29, 1.82) is 0 Å². The number of carboxylic acid groups (broad SMARTS) is 1. The van der Waals surface area contributed by atoms with Crippen LogP contribution in [0.2, 0.25) is 0 Å². The molecule has 1 aromatic rings. The van der Waals surface area contributed by atoms with Gasteiger partial charge >= 0.3 is 5.97 Å². The second-order valence-corrected chi connectivity index (χ2v) is 6.07. The molecule has 0 amide bonds. The Morgan fingerprint density at radius 3 is 2.28 bits per heavy atom. The van der Waals surface area contributed by atoms with Gasteiger partial charge in [0.2, 0.25) is 0 Å². The van der Waals surface area contributed by atoms with E-state index in [2.05, 4.69) is 0 Å². The summed E-state index contributed by atoms with van der Waals surface area (Å²) < 4.78 is 23.8. The van der Waals surface area contributed by atoms with Gasteiger partial charge in [-0.3, -0.25) is 14.9 Å². The first kappa shape index (κ1) is 14.1. The van der Waals surface area contributed by atoms with Crippen molar-refractivity contribution in [3.8, 4) is 0 Å². The molecule has 8 heteroatoms. The first-order valence-corrected chi connectivity index (χ1v) is 6.50. The number of carbonyl (C=O) groups is 1. The lowest BCUT2D eigenvalue weighted by molar-refractivity contribution is -0.384. The lowest BCUT2D eigenvalue weighted by Gasteiger charge is -2.10. The molecule has 1 atom stereocenters. The molecule has 0 saturated heterocycles. The van der Waals surface area contributed by atoms with Gasteiger partial charge in [-0.15, -0.1) is 0 Å². The van der Waals surface area contributed by atoms with E-state index in [1.54, 1.807) is 0 Å². The minimum atomic E-state index is -3.78. The van der Waals surface area contributed by atoms with E-state index in [9.17, 15) is 23.3 Å². The minimum Gasteiger partial charge on any atom is -0.481 e. The monoisotopic (exact) mass is 273 g/mol. The zero-order chi connectivity index (χ0) is 13.9. The van der Waals surface area contributed by atoms with Crippen molar-refractivity contribution in [1.82, 2.24) is 0 Å². The molecule has 1 rings (SSSR count). The summed E-state index contributed by atoms with van der Waals surface area (Å²) in [7, 11) is -3.78. The fourth-order valence-corrected chi connectivity index (χ4v) is 2.69. The molecule has 0 spiro atoms. The van der Waals surface area contributed by atoms with Crippen LogP contribution in [-0.2, 0) is 14.6 Å². The highest BCUT2D eigenvalue weighted by Crippen LogP contribution is 2.21. The predicted octanol–water partition coefficient (Wildman–Crippen LogP) is 1.23. The van der Waals surface area contributed by atoms with Crippen LogP contribution in [0.1, 0.15) is 13.3 Å². The van der Waals surface area contributed by atoms with Crippen LogP contribution in [0.15, 0.2) is 29.2 Å². The molecule has 0 aliphatic rings. The largest absolute Gasteiger partial charge is 0.481 e. The van der Waals surface area contributed by atoms with Gasteiger partial charge in [0.1, 0.15) is 0 Å². The van der Waals surface area contributed by atoms with E-state index in [1.807, 2.05) is 0 Å². The Morgan fingerprint density at radius 1 is 1.39 bits per heavy atom. The molecular formula is C10H11NO6S. The molecule has 1 aromatic carbocycles. The van der Waals surface area contributed by atoms with Gasteiger partial charge in [0, 0.05) is 12.1 Å². The van der Waals surface area contributed by atoms with Gasteiger partial charge in [-0.1, -0.05) is 0 Å². The molecule has 0 aromatic heterocycles. The van der Waals surface area contributed by atoms with Gasteiger partial charge in [0.15, 0.2) is 9.84 Å². The van der Waals surface area contributed by atoms with E-state index < -0.39 is 32.4 Å². The fraction of sp³-hybridized carbons (Fsp3) is 0.300. The third kappa shape index (κ3) is 3.04. The molecule has 0 fully saturated rings. The topological polar surface area (TPSA) is 115 Å². The zero-order valence-electron chi connectivity index (χ0n) is 9.44. The maximum atomic E-state index is 11.9. The standard InChI is InChI=1S/C10H11NO6S/c1-7(6-10(12)13)18(16,17)9-4-2-8(3-5-9)11(14)15/h2-5,7H,6H2,1H3,(H,12,13)/t7-/m1/s1. The number of aliphatic carboxylic acids is 1. The highest BCUT2D eigenvalue weighted by atomic mass is 32.2. The summed E-state index contributed by atoms with van der Waals surface area (Å²) in [6.45, 7) is 1.28. The predicted molar refractivity (Wildman–Crippen MR) is 62.0 cm³/mol. The summed E-state index contributed by atoms with van der Waals surface area (Å²) in [4.78, 5) is 20.1. The highest BCUT2D eigenvalue weighted by molar-refractivity contribution is 7.92. The molecule has 0 saturated carbocycles. The molecule has 0 radical (unpaired) electrons. The van der Waals surface area contributed by atoms with Crippen molar-refractivity contribution in [3.63, 3.8) is 0 Å². The number of benzene rings is 1. The lowest BCUT2D eigenvalue weighted by atomic mass is 10.3. The van der Waals surface area contributed by atoms with Crippen LogP contribution in [0, 0.1) is 10.1 Å². The van der Waals surface area contributed by atoms with Gasteiger partial charge in [-0.05, 0) is 19.1 Å². The second kappa shape index (κ2) is 5.13. The van der Waals surface area contributed by atoms with Crippen LogP contribution in [0.5, 0.6) is 0 Å². The Kier molecular flexibility index (Phi) is 4.02. The van der Waals surface area contributed by atoms with Crippen molar-refractivity contribution >= 4 is 21.5 Å². The Bertz CT molecular complexity index is 563. The Hall–Kier alpha value is -1.96. The van der Waals surface area contributed by atoms with E-state index in [-0.39, 0.29) is 10.6 Å². The minimum absolute atomic E-state index is 0.123. The number of carboxylic acids is 1. The van der Waals surface area contributed by atoms with Gasteiger partial charge in [-0.2, -0.15) is 0 Å². The summed E-state index contributed by atoms with van der Waals surface area (Å²) in [6, 6.07) is 4.35. The van der Waals surface area contributed by atoms with E-state index in [1.165, 1.54) is 6.92 Å². The van der Waals surface area contributed by atoms with E-state index in [0.717, 1.165) is 24.3 Å². The third-order valence-electron chi connectivity index (χ3n) is 2.37. The van der Waals surface area contributed by atoms with Crippen LogP contribution < -0.4 is 0 Å². The van der Waals surface area contributed by atoms with Gasteiger partial charge in [0.05, 0.1) is 21.5 Å². The van der Waals surface area contributed by atoms with Crippen LogP contribution in [-0.4, -0.2) is 29.7 Å². The summed E-state index contributed by atoms with van der Waals surface area (Å²) in [5, 5.41) is 17.9. The molecule has 7 nitrogen and oxygen atoms in total. The molecule has 0 aliphatic heterocycles. The normalized spacial score (nSPS) is 12.9. The summed E-state index contributed by atoms with van der Waals surface area (Å²) in [5.41, 5.74) is -0.222. The fourth-order valence-electron chi connectivity index (χ4n) is 1.35. The maximum absolute atomic E-state index is 11.9. The molecule has 1 N–H and O–H groups in total. The maximum Gasteiger partial charge on any atom is 0.304 e. The average molecular weight is 273 g/mol. The number of non-ortho nitro benzene ring substituents is 1.